The molecular formula is C19H18N3O5+. The molecule has 0 unspecified atom stereocenters. The normalized spacial score (nSPS) is 10.7. The van der Waals surface area contributed by atoms with Gasteiger partial charge in [0.15, 0.2) is 7.05 Å². The number of benzene rings is 2. The zero-order valence-electron chi connectivity index (χ0n) is 14.8. The summed E-state index contributed by atoms with van der Waals surface area (Å²) in [7, 11) is 1.27. The number of hydrogen-bond donors (Lipinski definition) is 3. The molecule has 0 aliphatic rings. The van der Waals surface area contributed by atoms with Gasteiger partial charge in [-0.05, 0) is 25.1 Å². The third kappa shape index (κ3) is 3.12. The molecule has 0 radical (unpaired) electrons. The molecule has 0 bridgehead atoms. The number of hydrogen-bond acceptors (Lipinski definition) is 5. The van der Waals surface area contributed by atoms with Crippen LogP contribution in [0.3, 0.4) is 0 Å². The molecule has 1 heterocycles. The highest BCUT2D eigenvalue weighted by atomic mass is 16.3. The highest BCUT2D eigenvalue weighted by Crippen LogP contribution is 2.30. The number of para-hydroxylation sites is 1. The second kappa shape index (κ2) is 6.91. The number of amides is 1. The molecule has 0 saturated carbocycles. The molecule has 0 fully saturated rings. The van der Waals surface area contributed by atoms with E-state index in [9.17, 15) is 24.7 Å². The maximum Gasteiger partial charge on any atom is 0.267 e. The Balaban J connectivity index is 2.14. The summed E-state index contributed by atoms with van der Waals surface area (Å²) in [6, 6.07) is 10.6. The summed E-state index contributed by atoms with van der Waals surface area (Å²) in [4.78, 5) is 36.9. The number of nitrogens with zero attached hydrogens (tertiary/aromatic N) is 2. The number of phenolic OH excluding ortho intramolecular Hbond substituents is 1. The molecule has 1 aromatic heterocycles. The van der Waals surface area contributed by atoms with Gasteiger partial charge >= 0.3 is 0 Å². The molecule has 0 atom stereocenters. The number of aromatic nitrogens is 1. The molecule has 0 saturated heterocycles. The fraction of sp³-hybridized carbons (Fsp3) is 0.158. The highest BCUT2D eigenvalue weighted by molar-refractivity contribution is 6.09. The molecule has 138 valence electrons. The Morgan fingerprint density at radius 2 is 1.89 bits per heavy atom. The Hall–Kier alpha value is -3.68. The second-order valence-electron chi connectivity index (χ2n) is 5.94. The van der Waals surface area contributed by atoms with E-state index in [-0.39, 0.29) is 17.1 Å². The lowest BCUT2D eigenvalue weighted by molar-refractivity contribution is -0.428. The number of fused-ring (bicyclic) bond motifs is 1. The van der Waals surface area contributed by atoms with Crippen molar-refractivity contribution in [1.82, 2.24) is 4.57 Å². The summed E-state index contributed by atoms with van der Waals surface area (Å²) in [5.41, 5.74) is -0.414. The van der Waals surface area contributed by atoms with Crippen LogP contribution in [0.25, 0.3) is 10.9 Å². The van der Waals surface area contributed by atoms with Crippen molar-refractivity contribution < 1.29 is 19.8 Å². The number of phenols is 1. The number of carbonyl (C=O) groups excluding carboxylic acids is 1. The first-order valence-corrected chi connectivity index (χ1v) is 8.24. The van der Waals surface area contributed by atoms with Gasteiger partial charge in [-0.3, -0.25) is 9.59 Å². The van der Waals surface area contributed by atoms with E-state index >= 15 is 0 Å². The van der Waals surface area contributed by atoms with E-state index < -0.39 is 22.8 Å². The Morgan fingerprint density at radius 1 is 1.19 bits per heavy atom. The van der Waals surface area contributed by atoms with Crippen molar-refractivity contribution in [1.29, 1.82) is 0 Å². The predicted octanol–water partition coefficient (Wildman–Crippen LogP) is 2.73. The molecule has 8 nitrogen and oxygen atoms in total. The smallest absolute Gasteiger partial charge is 0.267 e. The van der Waals surface area contributed by atoms with Crippen molar-refractivity contribution in [3.63, 3.8) is 0 Å². The van der Waals surface area contributed by atoms with Gasteiger partial charge in [-0.15, -0.1) is 0 Å². The number of nitrogens with one attached hydrogen (secondary N) is 1. The van der Waals surface area contributed by atoms with E-state index in [1.54, 1.807) is 31.2 Å². The second-order valence-corrected chi connectivity index (χ2v) is 5.94. The monoisotopic (exact) mass is 368 g/mol. The predicted molar refractivity (Wildman–Crippen MR) is 101 cm³/mol. The Bertz CT molecular complexity index is 1130. The molecule has 3 aromatic rings. The molecule has 27 heavy (non-hydrogen) atoms. The van der Waals surface area contributed by atoms with Gasteiger partial charge in [0.05, 0.1) is 11.2 Å². The van der Waals surface area contributed by atoms with E-state index in [1.165, 1.54) is 29.8 Å². The van der Waals surface area contributed by atoms with Crippen LogP contribution in [0.2, 0.25) is 0 Å². The van der Waals surface area contributed by atoms with Crippen molar-refractivity contribution in [2.24, 2.45) is 0 Å². The van der Waals surface area contributed by atoms with E-state index in [2.05, 4.69) is 5.32 Å². The Labute approximate surface area is 153 Å². The van der Waals surface area contributed by atoms with E-state index in [4.69, 9.17) is 0 Å². The summed E-state index contributed by atoms with van der Waals surface area (Å²) >= 11 is 0. The van der Waals surface area contributed by atoms with Gasteiger partial charge in [-0.1, -0.05) is 12.1 Å². The van der Waals surface area contributed by atoms with Crippen molar-refractivity contribution in [3.05, 3.63) is 63.3 Å². The van der Waals surface area contributed by atoms with Crippen LogP contribution in [0, 0.1) is 4.91 Å². The minimum absolute atomic E-state index is 0.0461. The fourth-order valence-corrected chi connectivity index (χ4v) is 2.91. The lowest BCUT2D eigenvalue weighted by atomic mass is 10.1. The van der Waals surface area contributed by atoms with Crippen LogP contribution < -0.4 is 10.9 Å². The van der Waals surface area contributed by atoms with E-state index in [0.29, 0.717) is 22.2 Å². The van der Waals surface area contributed by atoms with Gasteiger partial charge in [0.1, 0.15) is 17.1 Å². The lowest BCUT2D eigenvalue weighted by Crippen LogP contribution is -2.29. The molecule has 8 heteroatoms. The van der Waals surface area contributed by atoms with E-state index in [0.717, 1.165) is 0 Å². The SMILES string of the molecule is CCn1c(=O)c(C(=O)Nc2cc([N+](C)=O)ccc2O)c(O)c2ccccc21. The largest absolute Gasteiger partial charge is 0.506 e. The summed E-state index contributed by atoms with van der Waals surface area (Å²) < 4.78 is 1.94. The summed E-state index contributed by atoms with van der Waals surface area (Å²) in [5, 5.41) is 23.2. The number of carbonyl (C=O) groups is 1. The highest BCUT2D eigenvalue weighted by Gasteiger charge is 2.23. The lowest BCUT2D eigenvalue weighted by Gasteiger charge is -2.14. The van der Waals surface area contributed by atoms with Gasteiger partial charge in [0, 0.05) is 33.7 Å². The Morgan fingerprint density at radius 3 is 2.56 bits per heavy atom. The molecule has 0 spiro atoms. The van der Waals surface area contributed by atoms with Crippen molar-refractivity contribution >= 4 is 28.2 Å². The van der Waals surface area contributed by atoms with Crippen molar-refractivity contribution in [3.8, 4) is 11.5 Å². The minimum Gasteiger partial charge on any atom is -0.506 e. The fourth-order valence-electron chi connectivity index (χ4n) is 2.91. The van der Waals surface area contributed by atoms with Crippen molar-refractivity contribution in [2.45, 2.75) is 13.5 Å². The maximum absolute atomic E-state index is 12.7. The first-order valence-electron chi connectivity index (χ1n) is 8.24. The molecule has 3 rings (SSSR count). The van der Waals surface area contributed by atoms with Gasteiger partial charge in [0.2, 0.25) is 0 Å². The molecule has 1 amide bonds. The molecular weight excluding hydrogens is 350 g/mol. The van der Waals surface area contributed by atoms with Gasteiger partial charge in [0.25, 0.3) is 17.2 Å². The standard InChI is InChI=1S/C19H17N3O5/c1-3-22-14-7-5-4-6-12(14)17(24)16(19(22)26)18(25)20-13-10-11(21(2)27)8-9-15(13)23/h4-10H,3H2,1-2H3,(H2-,20,23,24,25,26,27)/p+1. The number of nitroso groups, excluding NO2 is 1. The zero-order chi connectivity index (χ0) is 19.7. The average Bonchev–Trinajstić information content (AvgIpc) is 2.64. The van der Waals surface area contributed by atoms with Crippen LogP contribution >= 0.6 is 0 Å². The number of anilines is 1. The van der Waals surface area contributed by atoms with Crippen LogP contribution in [-0.4, -0.2) is 32.5 Å². The summed E-state index contributed by atoms with van der Waals surface area (Å²) in [6.07, 6.45) is 0. The van der Waals surface area contributed by atoms with Gasteiger partial charge in [-0.25, -0.2) is 0 Å². The van der Waals surface area contributed by atoms with Crippen LogP contribution in [-0.2, 0) is 6.54 Å². The third-order valence-electron chi connectivity index (χ3n) is 4.28. The molecule has 2 aromatic carbocycles. The minimum atomic E-state index is -0.883. The van der Waals surface area contributed by atoms with Crippen LogP contribution in [0.15, 0.2) is 47.3 Å². The number of pyridine rings is 1. The number of aryl methyl sites for hydroxylation is 1. The Kier molecular flexibility index (Phi) is 4.64. The summed E-state index contributed by atoms with van der Waals surface area (Å²) in [6.45, 7) is 2.06. The van der Waals surface area contributed by atoms with Gasteiger partial charge in [-0.2, -0.15) is 0 Å². The maximum atomic E-state index is 12.7. The van der Waals surface area contributed by atoms with Crippen molar-refractivity contribution in [2.75, 3.05) is 12.4 Å². The van der Waals surface area contributed by atoms with E-state index in [1.807, 2.05) is 0 Å². The number of rotatable bonds is 4. The van der Waals surface area contributed by atoms with Gasteiger partial charge < -0.3 is 20.1 Å². The first-order chi connectivity index (χ1) is 12.8. The zero-order valence-corrected chi connectivity index (χ0v) is 14.8. The first kappa shape index (κ1) is 18.1. The molecule has 0 aliphatic carbocycles. The van der Waals surface area contributed by atoms with Crippen LogP contribution in [0.4, 0.5) is 11.4 Å². The molecule has 3 N–H and O–H groups in total. The average molecular weight is 368 g/mol. The molecule has 0 aliphatic heterocycles. The quantitative estimate of drug-likeness (QED) is 0.484. The van der Waals surface area contributed by atoms with Crippen LogP contribution in [0.5, 0.6) is 11.5 Å². The summed E-state index contributed by atoms with van der Waals surface area (Å²) in [5.74, 6) is -1.59. The number of aromatic hydroxyl groups is 2. The third-order valence-corrected chi connectivity index (χ3v) is 4.28. The van der Waals surface area contributed by atoms with Crippen LogP contribution in [0.1, 0.15) is 17.3 Å². The topological polar surface area (TPSA) is 112 Å².